The molecule has 1 amide bonds. The van der Waals surface area contributed by atoms with Crippen LogP contribution in [0.1, 0.15) is 38.2 Å². The molecule has 2 aromatic heterocycles. The molecule has 7 heteroatoms. The van der Waals surface area contributed by atoms with Crippen LogP contribution in [0.5, 0.6) is 0 Å². The molecule has 1 N–H and O–H groups in total. The Bertz CT molecular complexity index is 1130. The molecule has 1 saturated carbocycles. The van der Waals surface area contributed by atoms with E-state index in [1.807, 2.05) is 37.3 Å². The number of aromatic nitrogens is 3. The molecule has 0 spiro atoms. The van der Waals surface area contributed by atoms with Crippen LogP contribution in [0.3, 0.4) is 0 Å². The highest BCUT2D eigenvalue weighted by Gasteiger charge is 2.23. The molecule has 4 rings (SSSR count). The second-order valence-corrected chi connectivity index (χ2v) is 8.86. The molecule has 30 heavy (non-hydrogen) atoms. The van der Waals surface area contributed by atoms with Crippen LogP contribution in [0.2, 0.25) is 0 Å². The van der Waals surface area contributed by atoms with E-state index in [-0.39, 0.29) is 23.3 Å². The van der Waals surface area contributed by atoms with Crippen molar-refractivity contribution in [2.24, 2.45) is 5.92 Å². The topological polar surface area (TPSA) is 76.9 Å². The number of benzene rings is 1. The second-order valence-electron chi connectivity index (χ2n) is 7.92. The van der Waals surface area contributed by atoms with Gasteiger partial charge in [-0.1, -0.05) is 49.7 Å². The lowest BCUT2D eigenvalue weighted by molar-refractivity contribution is -0.119. The predicted octanol–water partition coefficient (Wildman–Crippen LogP) is 3.88. The molecule has 3 aromatic rings. The van der Waals surface area contributed by atoms with E-state index in [0.29, 0.717) is 27.8 Å². The van der Waals surface area contributed by atoms with Gasteiger partial charge in [0, 0.05) is 12.2 Å². The quantitative estimate of drug-likeness (QED) is 0.499. The van der Waals surface area contributed by atoms with Crippen molar-refractivity contribution >= 4 is 28.6 Å². The molecule has 156 valence electrons. The van der Waals surface area contributed by atoms with E-state index in [2.05, 4.69) is 17.2 Å². The van der Waals surface area contributed by atoms with Crippen LogP contribution in [0.25, 0.3) is 16.7 Å². The summed E-state index contributed by atoms with van der Waals surface area (Å²) in [6.07, 6.45) is 6.24. The highest BCUT2D eigenvalue weighted by atomic mass is 32.2. The molecular weight excluding hydrogens is 396 g/mol. The minimum absolute atomic E-state index is 0.0227. The first-order chi connectivity index (χ1) is 14.5. The van der Waals surface area contributed by atoms with Crippen LogP contribution in [0.4, 0.5) is 0 Å². The number of amides is 1. The van der Waals surface area contributed by atoms with Gasteiger partial charge in [0.15, 0.2) is 5.16 Å². The van der Waals surface area contributed by atoms with E-state index < -0.39 is 0 Å². The Labute approximate surface area is 180 Å². The molecule has 1 aliphatic rings. The van der Waals surface area contributed by atoms with Gasteiger partial charge in [0.2, 0.25) is 5.91 Å². The number of nitrogens with zero attached hydrogens (tertiary/aromatic N) is 3. The van der Waals surface area contributed by atoms with Gasteiger partial charge in [-0.15, -0.1) is 0 Å². The van der Waals surface area contributed by atoms with E-state index in [4.69, 9.17) is 4.98 Å². The minimum atomic E-state index is -0.175. The van der Waals surface area contributed by atoms with Crippen LogP contribution in [0.15, 0.2) is 52.5 Å². The van der Waals surface area contributed by atoms with E-state index in [9.17, 15) is 9.59 Å². The van der Waals surface area contributed by atoms with Crippen LogP contribution in [-0.4, -0.2) is 32.2 Å². The van der Waals surface area contributed by atoms with E-state index in [1.54, 1.807) is 12.3 Å². The van der Waals surface area contributed by atoms with Crippen molar-refractivity contribution in [2.75, 3.05) is 5.75 Å². The Morgan fingerprint density at radius 1 is 1.20 bits per heavy atom. The first kappa shape index (κ1) is 20.6. The molecule has 2 heterocycles. The van der Waals surface area contributed by atoms with Crippen molar-refractivity contribution in [3.63, 3.8) is 0 Å². The number of nitrogens with one attached hydrogen (secondary N) is 1. The maximum Gasteiger partial charge on any atom is 0.267 e. The summed E-state index contributed by atoms with van der Waals surface area (Å²) in [6, 6.07) is 11.3. The van der Waals surface area contributed by atoms with E-state index >= 15 is 0 Å². The molecule has 1 aromatic carbocycles. The SMILES string of the molecule is Cc1cccnc1-n1c(SCC(=O)N[C@H]2CCCC[C@H]2C)nc2ccccc2c1=O. The summed E-state index contributed by atoms with van der Waals surface area (Å²) in [5.41, 5.74) is 1.32. The zero-order chi connectivity index (χ0) is 21.1. The first-order valence-corrected chi connectivity index (χ1v) is 11.4. The average molecular weight is 423 g/mol. The van der Waals surface area contributed by atoms with Crippen LogP contribution >= 0.6 is 11.8 Å². The summed E-state index contributed by atoms with van der Waals surface area (Å²) in [5, 5.41) is 4.18. The van der Waals surface area contributed by atoms with Gasteiger partial charge in [-0.05, 0) is 49.4 Å². The number of rotatable bonds is 5. The number of hydrogen-bond donors (Lipinski definition) is 1. The highest BCUT2D eigenvalue weighted by Crippen LogP contribution is 2.25. The maximum absolute atomic E-state index is 13.3. The smallest absolute Gasteiger partial charge is 0.267 e. The Morgan fingerprint density at radius 2 is 2.00 bits per heavy atom. The lowest BCUT2D eigenvalue weighted by Gasteiger charge is -2.29. The van der Waals surface area contributed by atoms with Gasteiger partial charge in [-0.3, -0.25) is 9.59 Å². The molecule has 1 aliphatic carbocycles. The zero-order valence-corrected chi connectivity index (χ0v) is 18.1. The Balaban J connectivity index is 1.64. The first-order valence-electron chi connectivity index (χ1n) is 10.4. The van der Waals surface area contributed by atoms with E-state index in [0.717, 1.165) is 24.8 Å². The number of para-hydroxylation sites is 1. The van der Waals surface area contributed by atoms with Gasteiger partial charge in [0.1, 0.15) is 5.82 Å². The summed E-state index contributed by atoms with van der Waals surface area (Å²) in [5.74, 6) is 1.23. The van der Waals surface area contributed by atoms with Gasteiger partial charge >= 0.3 is 0 Å². The molecule has 0 unspecified atom stereocenters. The van der Waals surface area contributed by atoms with E-state index in [1.165, 1.54) is 22.7 Å². The van der Waals surface area contributed by atoms with Crippen molar-refractivity contribution in [3.05, 3.63) is 58.5 Å². The van der Waals surface area contributed by atoms with Crippen molar-refractivity contribution in [2.45, 2.75) is 50.7 Å². The summed E-state index contributed by atoms with van der Waals surface area (Å²) in [6.45, 7) is 4.11. The third-order valence-corrected chi connectivity index (χ3v) is 6.67. The van der Waals surface area contributed by atoms with Gasteiger partial charge in [-0.25, -0.2) is 14.5 Å². The molecule has 6 nitrogen and oxygen atoms in total. The molecule has 0 aliphatic heterocycles. The molecule has 0 radical (unpaired) electrons. The lowest BCUT2D eigenvalue weighted by Crippen LogP contribution is -2.41. The number of pyridine rings is 1. The average Bonchev–Trinajstić information content (AvgIpc) is 2.75. The van der Waals surface area contributed by atoms with Crippen molar-refractivity contribution in [1.82, 2.24) is 19.9 Å². The number of carbonyl (C=O) groups is 1. The number of hydrogen-bond acceptors (Lipinski definition) is 5. The van der Waals surface area contributed by atoms with Gasteiger partial charge < -0.3 is 5.32 Å². The molecule has 0 bridgehead atoms. The van der Waals surface area contributed by atoms with Gasteiger partial charge in [0.05, 0.1) is 16.7 Å². The standard InChI is InChI=1S/C23H26N4O2S/c1-15-8-3-5-11-18(15)25-20(28)14-30-23-26-19-12-6-4-10-17(19)22(29)27(23)21-16(2)9-7-13-24-21/h4,6-7,9-10,12-13,15,18H,3,5,8,11,14H2,1-2H3,(H,25,28)/t15-,18+/m1/s1. The summed E-state index contributed by atoms with van der Waals surface area (Å²) >= 11 is 1.28. The fourth-order valence-electron chi connectivity index (χ4n) is 4.02. The minimum Gasteiger partial charge on any atom is -0.352 e. The third-order valence-electron chi connectivity index (χ3n) is 5.73. The molecular formula is C23H26N4O2S. The normalized spacial score (nSPS) is 19.0. The van der Waals surface area contributed by atoms with Gasteiger partial charge in [-0.2, -0.15) is 0 Å². The van der Waals surface area contributed by atoms with Crippen molar-refractivity contribution in [3.8, 4) is 5.82 Å². The second kappa shape index (κ2) is 9.00. The van der Waals surface area contributed by atoms with Crippen LogP contribution in [0, 0.1) is 12.8 Å². The van der Waals surface area contributed by atoms with Crippen LogP contribution < -0.4 is 10.9 Å². The third kappa shape index (κ3) is 4.26. The van der Waals surface area contributed by atoms with Crippen molar-refractivity contribution in [1.29, 1.82) is 0 Å². The maximum atomic E-state index is 13.3. The lowest BCUT2D eigenvalue weighted by atomic mass is 9.86. The number of thioether (sulfide) groups is 1. The van der Waals surface area contributed by atoms with Crippen molar-refractivity contribution < 1.29 is 4.79 Å². The number of aryl methyl sites for hydroxylation is 1. The number of fused-ring (bicyclic) bond motifs is 1. The Morgan fingerprint density at radius 3 is 2.80 bits per heavy atom. The van der Waals surface area contributed by atoms with Gasteiger partial charge in [0.25, 0.3) is 5.56 Å². The fourth-order valence-corrected chi connectivity index (χ4v) is 4.82. The molecule has 0 saturated heterocycles. The monoisotopic (exact) mass is 422 g/mol. The predicted molar refractivity (Wildman–Crippen MR) is 120 cm³/mol. The Hall–Kier alpha value is -2.67. The highest BCUT2D eigenvalue weighted by molar-refractivity contribution is 7.99. The summed E-state index contributed by atoms with van der Waals surface area (Å²) < 4.78 is 1.53. The number of carbonyl (C=O) groups excluding carboxylic acids is 1. The van der Waals surface area contributed by atoms with Crippen LogP contribution in [-0.2, 0) is 4.79 Å². The Kier molecular flexibility index (Phi) is 6.18. The summed E-state index contributed by atoms with van der Waals surface area (Å²) in [4.78, 5) is 35.0. The largest absolute Gasteiger partial charge is 0.352 e. The molecule has 2 atom stereocenters. The molecule has 1 fully saturated rings. The zero-order valence-electron chi connectivity index (χ0n) is 17.3. The fraction of sp³-hybridized carbons (Fsp3) is 0.391. The summed E-state index contributed by atoms with van der Waals surface area (Å²) in [7, 11) is 0.